The SMILES string of the molecule is CCCc1c(CN)cnn1CCCOc1ccccc1. The Hall–Kier alpha value is -1.81. The van der Waals surface area contributed by atoms with E-state index >= 15 is 0 Å². The van der Waals surface area contributed by atoms with Crippen molar-refractivity contribution in [3.63, 3.8) is 0 Å². The van der Waals surface area contributed by atoms with Gasteiger partial charge in [0.15, 0.2) is 0 Å². The van der Waals surface area contributed by atoms with Gasteiger partial charge in [0.05, 0.1) is 12.8 Å². The standard InChI is InChI=1S/C16H23N3O/c1-2-7-16-14(12-17)13-18-19(16)10-6-11-20-15-8-4-3-5-9-15/h3-5,8-9,13H,2,6-7,10-12,17H2,1H3. The highest BCUT2D eigenvalue weighted by molar-refractivity contribution is 5.21. The molecule has 0 aliphatic carbocycles. The molecule has 0 aliphatic heterocycles. The summed E-state index contributed by atoms with van der Waals surface area (Å²) < 4.78 is 7.76. The third-order valence-electron chi connectivity index (χ3n) is 3.27. The molecule has 0 atom stereocenters. The average molecular weight is 273 g/mol. The molecule has 0 spiro atoms. The lowest BCUT2D eigenvalue weighted by molar-refractivity contribution is 0.297. The Bertz CT molecular complexity index is 508. The maximum absolute atomic E-state index is 5.75. The molecule has 2 N–H and O–H groups in total. The van der Waals surface area contributed by atoms with Crippen LogP contribution in [-0.2, 0) is 19.5 Å². The number of hydrogen-bond donors (Lipinski definition) is 1. The van der Waals surface area contributed by atoms with Crippen LogP contribution in [-0.4, -0.2) is 16.4 Å². The topological polar surface area (TPSA) is 53.1 Å². The van der Waals surface area contributed by atoms with E-state index in [-0.39, 0.29) is 0 Å². The lowest BCUT2D eigenvalue weighted by atomic mass is 10.1. The second-order valence-electron chi connectivity index (χ2n) is 4.81. The number of aromatic nitrogens is 2. The Morgan fingerprint density at radius 1 is 1.25 bits per heavy atom. The minimum absolute atomic E-state index is 0.565. The van der Waals surface area contributed by atoms with Crippen LogP contribution in [0.3, 0.4) is 0 Å². The van der Waals surface area contributed by atoms with Gasteiger partial charge < -0.3 is 10.5 Å². The molecule has 0 saturated heterocycles. The molecule has 4 heteroatoms. The van der Waals surface area contributed by atoms with E-state index in [0.717, 1.165) is 37.1 Å². The second-order valence-corrected chi connectivity index (χ2v) is 4.81. The molecular weight excluding hydrogens is 250 g/mol. The van der Waals surface area contributed by atoms with Crippen LogP contribution in [0.4, 0.5) is 0 Å². The number of ether oxygens (including phenoxy) is 1. The molecule has 4 nitrogen and oxygen atoms in total. The number of nitrogens with two attached hydrogens (primary N) is 1. The Balaban J connectivity index is 1.83. The molecule has 108 valence electrons. The van der Waals surface area contributed by atoms with Gasteiger partial charge in [-0.15, -0.1) is 0 Å². The van der Waals surface area contributed by atoms with Crippen molar-refractivity contribution in [2.24, 2.45) is 5.73 Å². The van der Waals surface area contributed by atoms with Crippen molar-refractivity contribution in [2.75, 3.05) is 6.61 Å². The maximum atomic E-state index is 5.75. The number of benzene rings is 1. The highest BCUT2D eigenvalue weighted by Gasteiger charge is 2.08. The normalized spacial score (nSPS) is 10.7. The summed E-state index contributed by atoms with van der Waals surface area (Å²) in [5, 5.41) is 4.43. The van der Waals surface area contributed by atoms with E-state index < -0.39 is 0 Å². The molecule has 0 radical (unpaired) electrons. The van der Waals surface area contributed by atoms with Crippen LogP contribution in [0.25, 0.3) is 0 Å². The van der Waals surface area contributed by atoms with Crippen LogP contribution in [0, 0.1) is 0 Å². The fraction of sp³-hybridized carbons (Fsp3) is 0.438. The summed E-state index contributed by atoms with van der Waals surface area (Å²) in [6, 6.07) is 9.90. The van der Waals surface area contributed by atoms with E-state index in [9.17, 15) is 0 Å². The summed E-state index contributed by atoms with van der Waals surface area (Å²) in [7, 11) is 0. The maximum Gasteiger partial charge on any atom is 0.119 e. The minimum atomic E-state index is 0.565. The largest absolute Gasteiger partial charge is 0.494 e. The van der Waals surface area contributed by atoms with Gasteiger partial charge in [0.25, 0.3) is 0 Å². The molecule has 0 amide bonds. The van der Waals surface area contributed by atoms with Crippen molar-refractivity contribution in [1.82, 2.24) is 9.78 Å². The first-order valence-corrected chi connectivity index (χ1v) is 7.26. The zero-order valence-electron chi connectivity index (χ0n) is 12.1. The number of aryl methyl sites for hydroxylation is 1. The van der Waals surface area contributed by atoms with Gasteiger partial charge in [0.1, 0.15) is 5.75 Å². The summed E-state index contributed by atoms with van der Waals surface area (Å²) in [6.07, 6.45) is 4.98. The van der Waals surface area contributed by atoms with Gasteiger partial charge in [-0.25, -0.2) is 0 Å². The van der Waals surface area contributed by atoms with Gasteiger partial charge in [-0.1, -0.05) is 31.5 Å². The second kappa shape index (κ2) is 7.70. The predicted molar refractivity (Wildman–Crippen MR) is 80.7 cm³/mol. The summed E-state index contributed by atoms with van der Waals surface area (Å²) in [6.45, 7) is 4.32. The lowest BCUT2D eigenvalue weighted by Gasteiger charge is -2.09. The van der Waals surface area contributed by atoms with Crippen LogP contribution in [0.15, 0.2) is 36.5 Å². The smallest absolute Gasteiger partial charge is 0.119 e. The molecule has 20 heavy (non-hydrogen) atoms. The lowest BCUT2D eigenvalue weighted by Crippen LogP contribution is -2.10. The Morgan fingerprint density at radius 2 is 2.05 bits per heavy atom. The first-order chi connectivity index (χ1) is 9.85. The van der Waals surface area contributed by atoms with Gasteiger partial charge in [0.2, 0.25) is 0 Å². The number of rotatable bonds is 8. The van der Waals surface area contributed by atoms with Gasteiger partial charge in [-0.05, 0) is 18.6 Å². The van der Waals surface area contributed by atoms with E-state index in [1.807, 2.05) is 36.5 Å². The van der Waals surface area contributed by atoms with Crippen molar-refractivity contribution >= 4 is 0 Å². The summed E-state index contributed by atoms with van der Waals surface area (Å²) in [5.41, 5.74) is 8.18. The Kier molecular flexibility index (Phi) is 5.62. The Labute approximate surface area is 120 Å². The molecule has 2 aromatic rings. The van der Waals surface area contributed by atoms with Crippen molar-refractivity contribution < 1.29 is 4.74 Å². The third-order valence-corrected chi connectivity index (χ3v) is 3.27. The Morgan fingerprint density at radius 3 is 2.75 bits per heavy atom. The first-order valence-electron chi connectivity index (χ1n) is 7.26. The van der Waals surface area contributed by atoms with Crippen molar-refractivity contribution in [3.8, 4) is 5.75 Å². The van der Waals surface area contributed by atoms with Crippen LogP contribution in [0.1, 0.15) is 31.0 Å². The van der Waals surface area contributed by atoms with Crippen molar-refractivity contribution in [1.29, 1.82) is 0 Å². The van der Waals surface area contributed by atoms with Gasteiger partial charge in [-0.2, -0.15) is 5.10 Å². The predicted octanol–water partition coefficient (Wildman–Crippen LogP) is 2.76. The van der Waals surface area contributed by atoms with E-state index in [4.69, 9.17) is 10.5 Å². The highest BCUT2D eigenvalue weighted by atomic mass is 16.5. The molecule has 0 fully saturated rings. The minimum Gasteiger partial charge on any atom is -0.494 e. The van der Waals surface area contributed by atoms with E-state index in [0.29, 0.717) is 13.2 Å². The zero-order chi connectivity index (χ0) is 14.2. The fourth-order valence-electron chi connectivity index (χ4n) is 2.26. The monoisotopic (exact) mass is 273 g/mol. The fourth-order valence-corrected chi connectivity index (χ4v) is 2.26. The zero-order valence-corrected chi connectivity index (χ0v) is 12.1. The van der Waals surface area contributed by atoms with Gasteiger partial charge in [0, 0.05) is 30.8 Å². The van der Waals surface area contributed by atoms with Crippen LogP contribution >= 0.6 is 0 Å². The number of para-hydroxylation sites is 1. The third kappa shape index (κ3) is 3.84. The first kappa shape index (κ1) is 14.6. The van der Waals surface area contributed by atoms with Crippen LogP contribution in [0.5, 0.6) is 5.75 Å². The van der Waals surface area contributed by atoms with Crippen LogP contribution in [0.2, 0.25) is 0 Å². The quantitative estimate of drug-likeness (QED) is 0.752. The molecule has 1 aromatic heterocycles. The van der Waals surface area contributed by atoms with Gasteiger partial charge in [-0.3, -0.25) is 4.68 Å². The summed E-state index contributed by atoms with van der Waals surface area (Å²) in [5.74, 6) is 0.921. The van der Waals surface area contributed by atoms with Crippen LogP contribution < -0.4 is 10.5 Å². The molecule has 0 bridgehead atoms. The number of nitrogens with zero attached hydrogens (tertiary/aromatic N) is 2. The highest BCUT2D eigenvalue weighted by Crippen LogP contribution is 2.12. The molecule has 2 rings (SSSR count). The van der Waals surface area contributed by atoms with E-state index in [1.165, 1.54) is 5.69 Å². The molecular formula is C16H23N3O. The van der Waals surface area contributed by atoms with Crippen molar-refractivity contribution in [2.45, 2.75) is 39.3 Å². The molecule has 0 saturated carbocycles. The van der Waals surface area contributed by atoms with E-state index in [1.54, 1.807) is 0 Å². The summed E-state index contributed by atoms with van der Waals surface area (Å²) >= 11 is 0. The molecule has 0 unspecified atom stereocenters. The summed E-state index contributed by atoms with van der Waals surface area (Å²) in [4.78, 5) is 0. The van der Waals surface area contributed by atoms with E-state index in [2.05, 4.69) is 16.7 Å². The molecule has 0 aliphatic rings. The number of hydrogen-bond acceptors (Lipinski definition) is 3. The van der Waals surface area contributed by atoms with Crippen molar-refractivity contribution in [3.05, 3.63) is 47.8 Å². The van der Waals surface area contributed by atoms with Gasteiger partial charge >= 0.3 is 0 Å². The molecule has 1 heterocycles. The molecule has 1 aromatic carbocycles. The average Bonchev–Trinajstić information content (AvgIpc) is 2.87.